The predicted molar refractivity (Wildman–Crippen MR) is 75.5 cm³/mol. The van der Waals surface area contributed by atoms with Gasteiger partial charge in [0.15, 0.2) is 0 Å². The summed E-state index contributed by atoms with van der Waals surface area (Å²) >= 11 is 7.36. The highest BCUT2D eigenvalue weighted by atomic mass is 35.5. The minimum Gasteiger partial charge on any atom is -0.339 e. The van der Waals surface area contributed by atoms with Crippen LogP contribution in [-0.2, 0) is 5.88 Å². The van der Waals surface area contributed by atoms with Gasteiger partial charge in [-0.2, -0.15) is 0 Å². The van der Waals surface area contributed by atoms with Crippen LogP contribution in [0.15, 0.2) is 35.7 Å². The van der Waals surface area contributed by atoms with Gasteiger partial charge in [0, 0.05) is 11.6 Å². The Morgan fingerprint density at radius 2 is 2.24 bits per heavy atom. The number of nitrogens with one attached hydrogen (secondary N) is 2. The van der Waals surface area contributed by atoms with Crippen LogP contribution in [-0.4, -0.2) is 5.84 Å². The van der Waals surface area contributed by atoms with Crippen molar-refractivity contribution < 1.29 is 0 Å². The fourth-order valence-electron chi connectivity index (χ4n) is 1.50. The second kappa shape index (κ2) is 5.34. The Morgan fingerprint density at radius 3 is 2.88 bits per heavy atom. The number of hydrogen-bond acceptors (Lipinski definition) is 2. The molecule has 0 radical (unpaired) electrons. The molecule has 1 aromatic heterocycles. The van der Waals surface area contributed by atoms with Gasteiger partial charge in [0.05, 0.1) is 4.88 Å². The first-order chi connectivity index (χ1) is 8.20. The molecule has 0 aliphatic carbocycles. The van der Waals surface area contributed by atoms with Crippen LogP contribution in [0, 0.1) is 12.3 Å². The van der Waals surface area contributed by atoms with Crippen molar-refractivity contribution in [2.75, 3.05) is 5.32 Å². The Hall–Kier alpha value is -1.32. The normalized spacial score (nSPS) is 10.2. The van der Waals surface area contributed by atoms with Crippen molar-refractivity contribution in [3.8, 4) is 0 Å². The lowest BCUT2D eigenvalue weighted by Crippen LogP contribution is -2.11. The van der Waals surface area contributed by atoms with Gasteiger partial charge in [0.1, 0.15) is 5.84 Å². The molecule has 2 aromatic rings. The number of aryl methyl sites for hydroxylation is 1. The zero-order valence-corrected chi connectivity index (χ0v) is 11.0. The molecule has 0 atom stereocenters. The van der Waals surface area contributed by atoms with E-state index in [4.69, 9.17) is 17.0 Å². The zero-order chi connectivity index (χ0) is 12.3. The predicted octanol–water partition coefficient (Wildman–Crippen LogP) is 4.23. The maximum atomic E-state index is 7.97. The second-order valence-corrected chi connectivity index (χ2v) is 4.98. The monoisotopic (exact) mass is 264 g/mol. The van der Waals surface area contributed by atoms with Gasteiger partial charge in [0.25, 0.3) is 0 Å². The summed E-state index contributed by atoms with van der Waals surface area (Å²) in [6, 6.07) is 9.88. The molecule has 2 nitrogen and oxygen atoms in total. The van der Waals surface area contributed by atoms with Crippen LogP contribution in [0.2, 0.25) is 0 Å². The smallest absolute Gasteiger partial charge is 0.140 e. The van der Waals surface area contributed by atoms with E-state index in [9.17, 15) is 0 Å². The molecule has 0 fully saturated rings. The molecule has 4 heteroatoms. The summed E-state index contributed by atoms with van der Waals surface area (Å²) in [6.45, 7) is 2.02. The lowest BCUT2D eigenvalue weighted by molar-refractivity contribution is 1.35. The van der Waals surface area contributed by atoms with Crippen LogP contribution >= 0.6 is 22.9 Å². The highest BCUT2D eigenvalue weighted by molar-refractivity contribution is 7.12. The molecule has 17 heavy (non-hydrogen) atoms. The quantitative estimate of drug-likeness (QED) is 0.486. The van der Waals surface area contributed by atoms with Crippen molar-refractivity contribution >= 4 is 34.5 Å². The fraction of sp³-hybridized carbons (Fsp3) is 0.154. The van der Waals surface area contributed by atoms with Crippen LogP contribution in [0.5, 0.6) is 0 Å². The summed E-state index contributed by atoms with van der Waals surface area (Å²) in [5, 5.41) is 13.1. The first kappa shape index (κ1) is 12.1. The maximum absolute atomic E-state index is 7.97. The summed E-state index contributed by atoms with van der Waals surface area (Å²) < 4.78 is 0. The Labute approximate surface area is 110 Å². The first-order valence-electron chi connectivity index (χ1n) is 5.25. The molecule has 0 spiro atoms. The highest BCUT2D eigenvalue weighted by Crippen LogP contribution is 2.20. The number of benzene rings is 1. The number of halogens is 1. The molecular formula is C13H13ClN2S. The van der Waals surface area contributed by atoms with Crippen LogP contribution in [0.3, 0.4) is 0 Å². The molecule has 0 aliphatic heterocycles. The molecular weight excluding hydrogens is 252 g/mol. The Balaban J connectivity index is 2.21. The summed E-state index contributed by atoms with van der Waals surface area (Å²) in [5.74, 6) is 0.913. The number of amidine groups is 1. The molecule has 0 saturated heterocycles. The average Bonchev–Trinajstić information content (AvgIpc) is 2.85. The van der Waals surface area contributed by atoms with E-state index in [0.29, 0.717) is 11.7 Å². The van der Waals surface area contributed by atoms with Crippen LogP contribution in [0.1, 0.15) is 16.0 Å². The van der Waals surface area contributed by atoms with Gasteiger partial charge in [-0.25, -0.2) is 0 Å². The van der Waals surface area contributed by atoms with Gasteiger partial charge in [-0.3, -0.25) is 5.41 Å². The first-order valence-corrected chi connectivity index (χ1v) is 6.67. The lowest BCUT2D eigenvalue weighted by Gasteiger charge is -2.10. The third-order valence-electron chi connectivity index (χ3n) is 2.48. The van der Waals surface area contributed by atoms with Gasteiger partial charge >= 0.3 is 0 Å². The van der Waals surface area contributed by atoms with Crippen LogP contribution in [0.25, 0.3) is 0 Å². The molecule has 0 aliphatic rings. The van der Waals surface area contributed by atoms with Crippen molar-refractivity contribution in [2.24, 2.45) is 0 Å². The van der Waals surface area contributed by atoms with E-state index in [2.05, 4.69) is 5.32 Å². The van der Waals surface area contributed by atoms with E-state index in [1.807, 2.05) is 42.6 Å². The number of anilines is 1. The summed E-state index contributed by atoms with van der Waals surface area (Å²) in [5.41, 5.74) is 3.11. The maximum Gasteiger partial charge on any atom is 0.140 e. The number of alkyl halides is 1. The minimum atomic E-state index is 0.426. The Morgan fingerprint density at radius 1 is 1.41 bits per heavy atom. The molecule has 0 saturated carbocycles. The average molecular weight is 265 g/mol. The standard InChI is InChI=1S/C13H13ClN2S/c1-9-4-5-10(8-14)7-11(9)16-13(15)12-3-2-6-17-12/h2-7H,8H2,1H3,(H2,15,16). The number of rotatable bonds is 3. The summed E-state index contributed by atoms with van der Waals surface area (Å²) in [6.07, 6.45) is 0. The third kappa shape index (κ3) is 2.87. The van der Waals surface area contributed by atoms with Gasteiger partial charge < -0.3 is 5.32 Å². The Kier molecular flexibility index (Phi) is 3.82. The van der Waals surface area contributed by atoms with E-state index in [1.54, 1.807) is 11.3 Å². The molecule has 88 valence electrons. The lowest BCUT2D eigenvalue weighted by atomic mass is 10.1. The van der Waals surface area contributed by atoms with Crippen molar-refractivity contribution in [1.29, 1.82) is 5.41 Å². The summed E-state index contributed by atoms with van der Waals surface area (Å²) in [7, 11) is 0. The largest absolute Gasteiger partial charge is 0.339 e. The SMILES string of the molecule is Cc1ccc(CCl)cc1NC(=N)c1cccs1. The van der Waals surface area contributed by atoms with E-state index in [1.165, 1.54) is 0 Å². The molecule has 0 unspecified atom stereocenters. The van der Waals surface area contributed by atoms with E-state index in [-0.39, 0.29) is 0 Å². The molecule has 2 rings (SSSR count). The minimum absolute atomic E-state index is 0.426. The third-order valence-corrected chi connectivity index (χ3v) is 3.68. The zero-order valence-electron chi connectivity index (χ0n) is 9.46. The fourth-order valence-corrected chi connectivity index (χ4v) is 2.30. The van der Waals surface area contributed by atoms with Gasteiger partial charge in [0.2, 0.25) is 0 Å². The molecule has 1 aromatic carbocycles. The van der Waals surface area contributed by atoms with E-state index in [0.717, 1.165) is 21.7 Å². The highest BCUT2D eigenvalue weighted by Gasteiger charge is 2.05. The van der Waals surface area contributed by atoms with Crippen LogP contribution < -0.4 is 5.32 Å². The molecule has 2 N–H and O–H groups in total. The van der Waals surface area contributed by atoms with Crippen molar-refractivity contribution in [3.63, 3.8) is 0 Å². The molecule has 0 amide bonds. The van der Waals surface area contributed by atoms with Gasteiger partial charge in [-0.15, -0.1) is 22.9 Å². The van der Waals surface area contributed by atoms with Crippen LogP contribution in [0.4, 0.5) is 5.69 Å². The van der Waals surface area contributed by atoms with Gasteiger partial charge in [-0.1, -0.05) is 18.2 Å². The second-order valence-electron chi connectivity index (χ2n) is 3.76. The molecule has 0 bridgehead atoms. The summed E-state index contributed by atoms with van der Waals surface area (Å²) in [4.78, 5) is 0.931. The number of hydrogen-bond donors (Lipinski definition) is 2. The van der Waals surface area contributed by atoms with Crippen molar-refractivity contribution in [3.05, 3.63) is 51.7 Å². The topological polar surface area (TPSA) is 35.9 Å². The number of thiophene rings is 1. The molecule has 1 heterocycles. The Bertz CT molecular complexity index is 520. The van der Waals surface area contributed by atoms with Gasteiger partial charge in [-0.05, 0) is 35.6 Å². The van der Waals surface area contributed by atoms with E-state index < -0.39 is 0 Å². The van der Waals surface area contributed by atoms with Crippen molar-refractivity contribution in [1.82, 2.24) is 0 Å². The van der Waals surface area contributed by atoms with E-state index >= 15 is 0 Å². The van der Waals surface area contributed by atoms with Crippen molar-refractivity contribution in [2.45, 2.75) is 12.8 Å².